The number of aromatic nitrogens is 1. The van der Waals surface area contributed by atoms with Gasteiger partial charge >= 0.3 is 0 Å². The minimum Gasteiger partial charge on any atom is -0.352 e. The Morgan fingerprint density at radius 2 is 1.53 bits per heavy atom. The van der Waals surface area contributed by atoms with Crippen LogP contribution < -0.4 is 4.90 Å². The van der Waals surface area contributed by atoms with Gasteiger partial charge in [0.2, 0.25) is 0 Å². The maximum Gasteiger partial charge on any atom is 0.261 e. The number of amides is 3. The van der Waals surface area contributed by atoms with E-state index in [0.29, 0.717) is 54.3 Å². The molecule has 8 heteroatoms. The first kappa shape index (κ1) is 21.3. The van der Waals surface area contributed by atoms with Crippen LogP contribution in [-0.2, 0) is 6.54 Å². The first-order valence-electron chi connectivity index (χ1n) is 11.0. The molecule has 2 aliphatic rings. The van der Waals surface area contributed by atoms with Crippen molar-refractivity contribution in [3.05, 3.63) is 94.7 Å². The van der Waals surface area contributed by atoms with Crippen LogP contribution in [0.4, 0.5) is 5.82 Å². The number of nitrogens with zero attached hydrogens (tertiary/aromatic N) is 5. The number of carbonyl (C=O) groups is 3. The maximum atomic E-state index is 13.0. The number of piperazine rings is 1. The molecule has 3 heterocycles. The molecule has 168 valence electrons. The molecule has 1 aromatic heterocycles. The monoisotopic (exact) mass is 451 g/mol. The molecule has 1 fully saturated rings. The van der Waals surface area contributed by atoms with Gasteiger partial charge in [0.25, 0.3) is 17.7 Å². The summed E-state index contributed by atoms with van der Waals surface area (Å²) >= 11 is 0. The highest BCUT2D eigenvalue weighted by molar-refractivity contribution is 6.21. The molecule has 0 bridgehead atoms. The van der Waals surface area contributed by atoms with E-state index < -0.39 is 0 Å². The number of pyridine rings is 1. The Bertz CT molecular complexity index is 1290. The smallest absolute Gasteiger partial charge is 0.261 e. The SMILES string of the molecule is N#Cc1cccnc1N1CCN(C(=O)c2ccc(CN3C(=O)c4ccccc4C3=O)cc2)CC1. The molecular formula is C26H21N5O3. The van der Waals surface area contributed by atoms with Gasteiger partial charge in [-0.25, -0.2) is 4.98 Å². The van der Waals surface area contributed by atoms with Crippen molar-refractivity contribution in [1.29, 1.82) is 5.26 Å². The minimum atomic E-state index is -0.300. The van der Waals surface area contributed by atoms with Crippen molar-refractivity contribution < 1.29 is 14.4 Å². The van der Waals surface area contributed by atoms with E-state index in [0.717, 1.165) is 5.56 Å². The molecule has 1 saturated heterocycles. The Hall–Kier alpha value is -4.51. The number of benzene rings is 2. The topological polar surface area (TPSA) is 97.6 Å². The fraction of sp³-hybridized carbons (Fsp3) is 0.192. The van der Waals surface area contributed by atoms with Crippen LogP contribution in [0.5, 0.6) is 0 Å². The van der Waals surface area contributed by atoms with Crippen LogP contribution in [0.1, 0.15) is 42.2 Å². The van der Waals surface area contributed by atoms with Gasteiger partial charge in [-0.05, 0) is 42.0 Å². The third-order valence-corrected chi connectivity index (χ3v) is 6.19. The fourth-order valence-corrected chi connectivity index (χ4v) is 4.36. The summed E-state index contributed by atoms with van der Waals surface area (Å²) in [4.78, 5) is 47.5. The normalized spacial score (nSPS) is 15.3. The molecule has 0 saturated carbocycles. The summed E-state index contributed by atoms with van der Waals surface area (Å²) in [6.07, 6.45) is 1.66. The molecule has 0 aliphatic carbocycles. The first-order chi connectivity index (χ1) is 16.6. The molecule has 3 aromatic rings. The van der Waals surface area contributed by atoms with Gasteiger partial charge in [0, 0.05) is 37.9 Å². The first-order valence-corrected chi connectivity index (χ1v) is 11.0. The third kappa shape index (κ3) is 3.77. The summed E-state index contributed by atoms with van der Waals surface area (Å²) in [6, 6.07) is 19.5. The van der Waals surface area contributed by atoms with Gasteiger partial charge in [-0.15, -0.1) is 0 Å². The van der Waals surface area contributed by atoms with Crippen molar-refractivity contribution >= 4 is 23.5 Å². The second-order valence-corrected chi connectivity index (χ2v) is 8.20. The Labute approximate surface area is 196 Å². The van der Waals surface area contributed by atoms with Crippen LogP contribution in [0, 0.1) is 11.3 Å². The minimum absolute atomic E-state index is 0.0755. The fourth-order valence-electron chi connectivity index (χ4n) is 4.36. The maximum absolute atomic E-state index is 13.0. The lowest BCUT2D eigenvalue weighted by atomic mass is 10.1. The average Bonchev–Trinajstić information content (AvgIpc) is 3.13. The standard InChI is InChI=1S/C26H21N5O3/c27-16-20-4-3-11-28-23(20)29-12-14-30(15-13-29)24(32)19-9-7-18(8-10-19)17-31-25(33)21-5-1-2-6-22(21)26(31)34/h1-11H,12-15,17H2. The summed E-state index contributed by atoms with van der Waals surface area (Å²) in [6.45, 7) is 2.39. The van der Waals surface area contributed by atoms with Gasteiger partial charge < -0.3 is 9.80 Å². The van der Waals surface area contributed by atoms with E-state index in [1.54, 1.807) is 71.8 Å². The zero-order valence-electron chi connectivity index (χ0n) is 18.3. The molecular weight excluding hydrogens is 430 g/mol. The van der Waals surface area contributed by atoms with Crippen LogP contribution >= 0.6 is 0 Å². The number of hydrogen-bond acceptors (Lipinski definition) is 6. The summed E-state index contributed by atoms with van der Waals surface area (Å²) in [7, 11) is 0. The molecule has 0 radical (unpaired) electrons. The lowest BCUT2D eigenvalue weighted by Gasteiger charge is -2.35. The summed E-state index contributed by atoms with van der Waals surface area (Å²) < 4.78 is 0. The molecule has 3 amide bonds. The van der Waals surface area contributed by atoms with Crippen molar-refractivity contribution in [1.82, 2.24) is 14.8 Å². The molecule has 0 atom stereocenters. The highest BCUT2D eigenvalue weighted by Crippen LogP contribution is 2.24. The van der Waals surface area contributed by atoms with E-state index in [1.165, 1.54) is 4.90 Å². The predicted molar refractivity (Wildman–Crippen MR) is 124 cm³/mol. The quantitative estimate of drug-likeness (QED) is 0.566. The van der Waals surface area contributed by atoms with Crippen LogP contribution in [0.15, 0.2) is 66.9 Å². The summed E-state index contributed by atoms with van der Waals surface area (Å²) in [5.74, 6) is -0.0276. The molecule has 34 heavy (non-hydrogen) atoms. The van der Waals surface area contributed by atoms with Gasteiger partial charge in [-0.2, -0.15) is 5.26 Å². The summed E-state index contributed by atoms with van der Waals surface area (Å²) in [5.41, 5.74) is 2.69. The molecule has 0 N–H and O–H groups in total. The predicted octanol–water partition coefficient (Wildman–Crippen LogP) is 2.71. The van der Waals surface area contributed by atoms with Gasteiger partial charge in [-0.1, -0.05) is 24.3 Å². The van der Waals surface area contributed by atoms with E-state index in [1.807, 2.05) is 4.90 Å². The van der Waals surface area contributed by atoms with Crippen LogP contribution in [0.25, 0.3) is 0 Å². The number of nitriles is 1. The average molecular weight is 451 g/mol. The zero-order valence-corrected chi connectivity index (χ0v) is 18.3. The van der Waals surface area contributed by atoms with Crippen molar-refractivity contribution in [3.63, 3.8) is 0 Å². The molecule has 2 aliphatic heterocycles. The summed E-state index contributed by atoms with van der Waals surface area (Å²) in [5, 5.41) is 9.30. The van der Waals surface area contributed by atoms with E-state index in [-0.39, 0.29) is 24.3 Å². The number of fused-ring (bicyclic) bond motifs is 1. The van der Waals surface area contributed by atoms with Crippen molar-refractivity contribution in [2.45, 2.75) is 6.54 Å². The van der Waals surface area contributed by atoms with Crippen LogP contribution in [-0.4, -0.2) is 58.7 Å². The van der Waals surface area contributed by atoms with Crippen molar-refractivity contribution in [2.24, 2.45) is 0 Å². The number of rotatable bonds is 4. The van der Waals surface area contributed by atoms with Gasteiger partial charge in [0.1, 0.15) is 11.9 Å². The zero-order chi connectivity index (χ0) is 23.7. The Morgan fingerprint density at radius 3 is 2.15 bits per heavy atom. The van der Waals surface area contributed by atoms with Gasteiger partial charge in [0.05, 0.1) is 23.2 Å². The van der Waals surface area contributed by atoms with E-state index in [4.69, 9.17) is 0 Å². The lowest BCUT2D eigenvalue weighted by Crippen LogP contribution is -2.49. The highest BCUT2D eigenvalue weighted by atomic mass is 16.2. The molecule has 0 unspecified atom stereocenters. The van der Waals surface area contributed by atoms with Gasteiger partial charge in [-0.3, -0.25) is 19.3 Å². The van der Waals surface area contributed by atoms with E-state index in [2.05, 4.69) is 11.1 Å². The number of carbonyl (C=O) groups excluding carboxylic acids is 3. The van der Waals surface area contributed by atoms with E-state index in [9.17, 15) is 19.6 Å². The third-order valence-electron chi connectivity index (χ3n) is 6.19. The Kier molecular flexibility index (Phi) is 5.52. The second-order valence-electron chi connectivity index (χ2n) is 8.20. The molecule has 5 rings (SSSR count). The molecule has 8 nitrogen and oxygen atoms in total. The molecule has 2 aromatic carbocycles. The van der Waals surface area contributed by atoms with Crippen molar-refractivity contribution in [3.8, 4) is 6.07 Å². The Balaban J connectivity index is 1.22. The van der Waals surface area contributed by atoms with Gasteiger partial charge in [0.15, 0.2) is 0 Å². The van der Waals surface area contributed by atoms with Crippen LogP contribution in [0.3, 0.4) is 0 Å². The molecule has 0 spiro atoms. The van der Waals surface area contributed by atoms with Crippen molar-refractivity contribution in [2.75, 3.05) is 31.1 Å². The Morgan fingerprint density at radius 1 is 0.882 bits per heavy atom. The number of imide groups is 1. The van der Waals surface area contributed by atoms with E-state index >= 15 is 0 Å². The highest BCUT2D eigenvalue weighted by Gasteiger charge is 2.35. The number of anilines is 1. The largest absolute Gasteiger partial charge is 0.352 e. The van der Waals surface area contributed by atoms with Crippen LogP contribution in [0.2, 0.25) is 0 Å². The second kappa shape index (κ2) is 8.79. The number of hydrogen-bond donors (Lipinski definition) is 0. The lowest BCUT2D eigenvalue weighted by molar-refractivity contribution is 0.0640.